The van der Waals surface area contributed by atoms with Gasteiger partial charge in [0.05, 0.1) is 0 Å². The molecule has 8 nitrogen and oxygen atoms in total. The fraction of sp³-hybridized carbons (Fsp3) is 0.542. The first-order valence-electron chi connectivity index (χ1n) is 12.1. The van der Waals surface area contributed by atoms with Crippen molar-refractivity contribution in [2.24, 2.45) is 0 Å². The van der Waals surface area contributed by atoms with Gasteiger partial charge in [0.1, 0.15) is 23.2 Å². The zero-order valence-electron chi connectivity index (χ0n) is 19.5. The second-order valence-corrected chi connectivity index (χ2v) is 8.79. The SMILES string of the molecule is O=C(CCNc1nc(Nc2cccc(OC3CCNCC3)c2)ncc1C(F)(F)F)N1CCCCC1. The standard InChI is InChI=1S/C24H31F3N6O2/c25-24(26,27)20-16-30-23(32-22(20)29-12-9-21(34)33-13-2-1-3-14-33)31-17-5-4-6-19(15-17)35-18-7-10-28-11-8-18/h4-6,15-16,18,28H,1-3,7-14H2,(H2,29,30,31,32). The van der Waals surface area contributed by atoms with E-state index in [-0.39, 0.29) is 36.7 Å². The smallest absolute Gasteiger partial charge is 0.421 e. The molecule has 1 aromatic heterocycles. The molecule has 2 aliphatic rings. The summed E-state index contributed by atoms with van der Waals surface area (Å²) < 4.78 is 46.6. The fourth-order valence-corrected chi connectivity index (χ4v) is 4.26. The molecule has 0 aliphatic carbocycles. The third-order valence-corrected chi connectivity index (χ3v) is 6.11. The monoisotopic (exact) mass is 492 g/mol. The van der Waals surface area contributed by atoms with Crippen LogP contribution in [0.1, 0.15) is 44.1 Å². The minimum atomic E-state index is -4.62. The van der Waals surface area contributed by atoms with Crippen LogP contribution in [0.4, 0.5) is 30.6 Å². The van der Waals surface area contributed by atoms with Crippen LogP contribution in [-0.2, 0) is 11.0 Å². The quantitative estimate of drug-likeness (QED) is 0.509. The Hall–Kier alpha value is -3.08. The third-order valence-electron chi connectivity index (χ3n) is 6.11. The van der Waals surface area contributed by atoms with Crippen LogP contribution in [0.15, 0.2) is 30.5 Å². The van der Waals surface area contributed by atoms with Crippen LogP contribution >= 0.6 is 0 Å². The summed E-state index contributed by atoms with van der Waals surface area (Å²) in [5.74, 6) is 0.262. The number of amides is 1. The van der Waals surface area contributed by atoms with Crippen LogP contribution in [0.5, 0.6) is 5.75 Å². The van der Waals surface area contributed by atoms with Gasteiger partial charge in [-0.1, -0.05) is 6.07 Å². The van der Waals surface area contributed by atoms with E-state index < -0.39 is 11.7 Å². The number of nitrogens with zero attached hydrogens (tertiary/aromatic N) is 3. The Morgan fingerprint density at radius 3 is 2.69 bits per heavy atom. The van der Waals surface area contributed by atoms with E-state index in [4.69, 9.17) is 4.74 Å². The van der Waals surface area contributed by atoms with Gasteiger partial charge in [-0.2, -0.15) is 18.2 Å². The Balaban J connectivity index is 1.41. The molecule has 4 rings (SSSR count). The molecule has 0 radical (unpaired) electrons. The highest BCUT2D eigenvalue weighted by Gasteiger charge is 2.35. The van der Waals surface area contributed by atoms with Crippen LogP contribution in [-0.4, -0.2) is 59.6 Å². The van der Waals surface area contributed by atoms with Crippen molar-refractivity contribution in [2.45, 2.75) is 50.8 Å². The van der Waals surface area contributed by atoms with Crippen molar-refractivity contribution in [2.75, 3.05) is 43.4 Å². The van der Waals surface area contributed by atoms with Gasteiger partial charge in [0.25, 0.3) is 0 Å². The highest BCUT2D eigenvalue weighted by atomic mass is 19.4. The summed E-state index contributed by atoms with van der Waals surface area (Å²) in [7, 11) is 0. The average Bonchev–Trinajstić information content (AvgIpc) is 2.85. The van der Waals surface area contributed by atoms with Gasteiger partial charge in [-0.25, -0.2) is 4.98 Å². The Morgan fingerprint density at radius 2 is 1.94 bits per heavy atom. The topological polar surface area (TPSA) is 91.4 Å². The maximum atomic E-state index is 13.5. The summed E-state index contributed by atoms with van der Waals surface area (Å²) in [6, 6.07) is 7.18. The molecule has 2 aliphatic heterocycles. The fourth-order valence-electron chi connectivity index (χ4n) is 4.26. The minimum absolute atomic E-state index is 0.0156. The Morgan fingerprint density at radius 1 is 1.17 bits per heavy atom. The maximum Gasteiger partial charge on any atom is 0.421 e. The third kappa shape index (κ3) is 7.20. The summed E-state index contributed by atoms with van der Waals surface area (Å²) in [6.07, 6.45) is 1.19. The van der Waals surface area contributed by atoms with Crippen LogP contribution in [0.3, 0.4) is 0 Å². The summed E-state index contributed by atoms with van der Waals surface area (Å²) in [5.41, 5.74) is -0.376. The van der Waals surface area contributed by atoms with Crippen molar-refractivity contribution in [1.82, 2.24) is 20.2 Å². The molecule has 190 valence electrons. The largest absolute Gasteiger partial charge is 0.490 e. The molecule has 0 atom stereocenters. The Labute approximate surface area is 202 Å². The predicted octanol–water partition coefficient (Wildman–Crippen LogP) is 4.18. The number of anilines is 3. The summed E-state index contributed by atoms with van der Waals surface area (Å²) in [6.45, 7) is 3.26. The average molecular weight is 493 g/mol. The normalized spacial score (nSPS) is 17.2. The van der Waals surface area contributed by atoms with Gasteiger partial charge in [0.2, 0.25) is 11.9 Å². The number of carbonyl (C=O) groups is 1. The number of hydrogen-bond acceptors (Lipinski definition) is 7. The zero-order chi connectivity index (χ0) is 24.7. The van der Waals surface area contributed by atoms with Gasteiger partial charge < -0.3 is 25.6 Å². The lowest BCUT2D eigenvalue weighted by atomic mass is 10.1. The van der Waals surface area contributed by atoms with E-state index in [1.54, 1.807) is 23.1 Å². The lowest BCUT2D eigenvalue weighted by Crippen LogP contribution is -2.36. The van der Waals surface area contributed by atoms with Gasteiger partial charge in [-0.15, -0.1) is 0 Å². The van der Waals surface area contributed by atoms with E-state index in [0.29, 0.717) is 24.5 Å². The molecule has 3 N–H and O–H groups in total. The molecule has 11 heteroatoms. The molecule has 0 unspecified atom stereocenters. The van der Waals surface area contributed by atoms with Crippen LogP contribution in [0, 0.1) is 0 Å². The second kappa shape index (κ2) is 11.6. The van der Waals surface area contributed by atoms with Crippen molar-refractivity contribution in [1.29, 1.82) is 0 Å². The number of piperidine rings is 2. The van der Waals surface area contributed by atoms with E-state index in [9.17, 15) is 18.0 Å². The number of nitrogens with one attached hydrogen (secondary N) is 3. The number of alkyl halides is 3. The van der Waals surface area contributed by atoms with Gasteiger partial charge >= 0.3 is 6.18 Å². The first kappa shape index (κ1) is 25.0. The highest BCUT2D eigenvalue weighted by Crippen LogP contribution is 2.34. The molecular weight excluding hydrogens is 461 g/mol. The summed E-state index contributed by atoms with van der Waals surface area (Å²) in [4.78, 5) is 22.0. The van der Waals surface area contributed by atoms with Gasteiger partial charge in [0.15, 0.2) is 0 Å². The summed E-state index contributed by atoms with van der Waals surface area (Å²) in [5, 5.41) is 8.93. The molecule has 2 fully saturated rings. The molecule has 0 spiro atoms. The van der Waals surface area contributed by atoms with Crippen molar-refractivity contribution < 1.29 is 22.7 Å². The number of likely N-dealkylation sites (tertiary alicyclic amines) is 1. The van der Waals surface area contributed by atoms with E-state index in [0.717, 1.165) is 51.4 Å². The van der Waals surface area contributed by atoms with Crippen molar-refractivity contribution in [3.63, 3.8) is 0 Å². The lowest BCUT2D eigenvalue weighted by Gasteiger charge is -2.26. The molecule has 3 heterocycles. The molecule has 35 heavy (non-hydrogen) atoms. The Kier molecular flexibility index (Phi) is 8.27. The number of ether oxygens (including phenoxy) is 1. The highest BCUT2D eigenvalue weighted by molar-refractivity contribution is 5.76. The molecule has 1 amide bonds. The molecular formula is C24H31F3N6O2. The van der Waals surface area contributed by atoms with E-state index in [2.05, 4.69) is 25.9 Å². The number of aromatic nitrogens is 2. The molecule has 1 aromatic carbocycles. The van der Waals surface area contributed by atoms with Crippen LogP contribution < -0.4 is 20.7 Å². The number of benzene rings is 1. The van der Waals surface area contributed by atoms with E-state index >= 15 is 0 Å². The van der Waals surface area contributed by atoms with Gasteiger partial charge in [-0.3, -0.25) is 4.79 Å². The van der Waals surface area contributed by atoms with Crippen molar-refractivity contribution >= 4 is 23.4 Å². The number of carbonyl (C=O) groups excluding carboxylic acids is 1. The van der Waals surface area contributed by atoms with E-state index in [1.807, 2.05) is 6.07 Å². The first-order valence-corrected chi connectivity index (χ1v) is 12.1. The number of hydrogen-bond donors (Lipinski definition) is 3. The number of rotatable bonds is 8. The van der Waals surface area contributed by atoms with E-state index in [1.165, 1.54) is 0 Å². The first-order chi connectivity index (χ1) is 16.9. The molecule has 0 saturated carbocycles. The Bertz CT molecular complexity index is 991. The predicted molar refractivity (Wildman–Crippen MR) is 127 cm³/mol. The molecule has 0 bridgehead atoms. The van der Waals surface area contributed by atoms with Crippen LogP contribution in [0.2, 0.25) is 0 Å². The lowest BCUT2D eigenvalue weighted by molar-refractivity contribution is -0.137. The molecule has 2 aromatic rings. The minimum Gasteiger partial charge on any atom is -0.490 e. The van der Waals surface area contributed by atoms with Gasteiger partial charge in [-0.05, 0) is 57.3 Å². The number of halogens is 3. The van der Waals surface area contributed by atoms with Crippen molar-refractivity contribution in [3.8, 4) is 5.75 Å². The van der Waals surface area contributed by atoms with Gasteiger partial charge in [0, 0.05) is 44.0 Å². The second-order valence-electron chi connectivity index (χ2n) is 8.79. The molecule has 2 saturated heterocycles. The maximum absolute atomic E-state index is 13.5. The van der Waals surface area contributed by atoms with Crippen LogP contribution in [0.25, 0.3) is 0 Å². The zero-order valence-corrected chi connectivity index (χ0v) is 19.5. The summed E-state index contributed by atoms with van der Waals surface area (Å²) >= 11 is 0. The van der Waals surface area contributed by atoms with Crippen molar-refractivity contribution in [3.05, 3.63) is 36.0 Å².